The van der Waals surface area contributed by atoms with E-state index < -0.39 is 33.6 Å². The number of urea groups is 1. The van der Waals surface area contributed by atoms with Gasteiger partial charge < -0.3 is 20.1 Å². The number of hydrogen-bond acceptors (Lipinski definition) is 6. The molecule has 1 aliphatic rings. The topological polar surface area (TPSA) is 111 Å². The molecule has 2 aromatic rings. The first-order valence-corrected chi connectivity index (χ1v) is 10.9. The van der Waals surface area contributed by atoms with Crippen LogP contribution in [0.15, 0.2) is 70.8 Å². The molecule has 1 heterocycles. The maximum atomic E-state index is 12.8. The summed E-state index contributed by atoms with van der Waals surface area (Å²) >= 11 is 0. The van der Waals surface area contributed by atoms with Crippen LogP contribution in [0.1, 0.15) is 18.5 Å². The Morgan fingerprint density at radius 2 is 1.73 bits per heavy atom. The molecule has 0 fully saturated rings. The average molecular weight is 430 g/mol. The fourth-order valence-electron chi connectivity index (χ4n) is 3.16. The molecule has 0 radical (unpaired) electrons. The van der Waals surface area contributed by atoms with Crippen LogP contribution in [0, 0.1) is 0 Å². The van der Waals surface area contributed by atoms with Gasteiger partial charge in [0.25, 0.3) is 0 Å². The highest BCUT2D eigenvalue weighted by atomic mass is 32.2. The van der Waals surface area contributed by atoms with Crippen molar-refractivity contribution in [3.63, 3.8) is 0 Å². The first-order chi connectivity index (χ1) is 14.4. The van der Waals surface area contributed by atoms with Crippen LogP contribution in [0.25, 0.3) is 0 Å². The van der Waals surface area contributed by atoms with Crippen LogP contribution in [0.2, 0.25) is 0 Å². The molecule has 0 bridgehead atoms. The van der Waals surface area contributed by atoms with Gasteiger partial charge in [0.2, 0.25) is 0 Å². The van der Waals surface area contributed by atoms with Gasteiger partial charge in [-0.3, -0.25) is 0 Å². The summed E-state index contributed by atoms with van der Waals surface area (Å²) in [5.74, 6) is -0.654. The zero-order valence-electron chi connectivity index (χ0n) is 16.5. The molecule has 1 aliphatic heterocycles. The molecule has 2 N–H and O–H groups in total. The number of nitrogens with one attached hydrogen (secondary N) is 2. The lowest BCUT2D eigenvalue weighted by Crippen LogP contribution is -2.47. The molecule has 0 spiro atoms. The predicted molar refractivity (Wildman–Crippen MR) is 110 cm³/mol. The molecular formula is C21H22N2O6S. The molecule has 8 nitrogen and oxygen atoms in total. The maximum absolute atomic E-state index is 12.8. The number of carbonyl (C=O) groups excluding carboxylic acids is 2. The Hall–Kier alpha value is -3.33. The highest BCUT2D eigenvalue weighted by Gasteiger charge is 2.35. The van der Waals surface area contributed by atoms with Gasteiger partial charge in [-0.15, -0.1) is 0 Å². The Morgan fingerprint density at radius 3 is 2.33 bits per heavy atom. The number of esters is 1. The van der Waals surface area contributed by atoms with Crippen molar-refractivity contribution in [3.8, 4) is 5.75 Å². The minimum absolute atomic E-state index is 0.0201. The van der Waals surface area contributed by atoms with Gasteiger partial charge in [-0.2, -0.15) is 0 Å². The second-order valence-electron chi connectivity index (χ2n) is 6.49. The lowest BCUT2D eigenvalue weighted by atomic mass is 9.95. The van der Waals surface area contributed by atoms with E-state index in [1.807, 2.05) is 6.92 Å². The van der Waals surface area contributed by atoms with Crippen molar-refractivity contribution in [2.45, 2.75) is 17.9 Å². The zero-order valence-corrected chi connectivity index (χ0v) is 17.4. The van der Waals surface area contributed by atoms with Crippen molar-refractivity contribution in [2.24, 2.45) is 0 Å². The Balaban J connectivity index is 2.04. The summed E-state index contributed by atoms with van der Waals surface area (Å²) in [5.41, 5.74) is 0.595. The van der Waals surface area contributed by atoms with E-state index in [1.165, 1.54) is 19.2 Å². The molecule has 3 rings (SSSR count). The number of carbonyl (C=O) groups is 2. The molecule has 9 heteroatoms. The number of hydrogen-bond donors (Lipinski definition) is 2. The van der Waals surface area contributed by atoms with Gasteiger partial charge in [-0.05, 0) is 36.8 Å². The standard InChI is InChI=1S/C21H22N2O6S/c1-3-29-15-11-9-14(10-12-15)19-18(20(24)28-2)17(22-21(25)23-19)13-30(26,27)16-7-5-4-6-8-16/h4-12,19H,3,13H2,1-2H3,(H2,22,23,25). The summed E-state index contributed by atoms with van der Waals surface area (Å²) in [6.07, 6.45) is 0. The Labute approximate surface area is 174 Å². The van der Waals surface area contributed by atoms with Crippen LogP contribution in [-0.4, -0.2) is 39.9 Å². The van der Waals surface area contributed by atoms with Crippen molar-refractivity contribution < 1.29 is 27.5 Å². The molecule has 1 atom stereocenters. The molecule has 0 saturated heterocycles. The van der Waals surface area contributed by atoms with Crippen LogP contribution < -0.4 is 15.4 Å². The Morgan fingerprint density at radius 1 is 1.07 bits per heavy atom. The molecule has 2 aromatic carbocycles. The first-order valence-electron chi connectivity index (χ1n) is 9.25. The molecule has 0 aromatic heterocycles. The second-order valence-corrected chi connectivity index (χ2v) is 8.48. The third kappa shape index (κ3) is 4.62. The fourth-order valence-corrected chi connectivity index (χ4v) is 4.50. The summed E-state index contributed by atoms with van der Waals surface area (Å²) in [4.78, 5) is 24.9. The lowest BCUT2D eigenvalue weighted by Gasteiger charge is -2.29. The van der Waals surface area contributed by atoms with Gasteiger partial charge in [0.05, 0.1) is 36.0 Å². The number of methoxy groups -OCH3 is 1. The summed E-state index contributed by atoms with van der Waals surface area (Å²) in [5, 5.41) is 5.12. The quantitative estimate of drug-likeness (QED) is 0.653. The third-order valence-electron chi connectivity index (χ3n) is 4.52. The second kappa shape index (κ2) is 9.00. The fraction of sp³-hybridized carbons (Fsp3) is 0.238. The van der Waals surface area contributed by atoms with Gasteiger partial charge >= 0.3 is 12.0 Å². The van der Waals surface area contributed by atoms with Crippen LogP contribution in [0.4, 0.5) is 4.79 Å². The first kappa shape index (κ1) is 21.4. The SMILES string of the molecule is CCOc1ccc(C2NC(=O)NC(CS(=O)(=O)c3ccccc3)=C2C(=O)OC)cc1. The number of ether oxygens (including phenoxy) is 2. The predicted octanol–water partition coefficient (Wildman–Crippen LogP) is 2.34. The van der Waals surface area contributed by atoms with Crippen LogP contribution in [-0.2, 0) is 19.4 Å². The largest absolute Gasteiger partial charge is 0.494 e. The molecule has 0 aliphatic carbocycles. The van der Waals surface area contributed by atoms with Gasteiger partial charge in [0, 0.05) is 5.70 Å². The number of amides is 2. The van der Waals surface area contributed by atoms with Crippen molar-refractivity contribution >= 4 is 21.8 Å². The molecule has 30 heavy (non-hydrogen) atoms. The number of sulfone groups is 1. The summed E-state index contributed by atoms with van der Waals surface area (Å²) in [6, 6.07) is 13.2. The van der Waals surface area contributed by atoms with Crippen molar-refractivity contribution in [1.82, 2.24) is 10.6 Å². The zero-order chi connectivity index (χ0) is 21.7. The molecule has 0 saturated carbocycles. The van der Waals surface area contributed by atoms with Crippen LogP contribution in [0.3, 0.4) is 0 Å². The highest BCUT2D eigenvalue weighted by molar-refractivity contribution is 7.91. The van der Waals surface area contributed by atoms with Gasteiger partial charge in [0.1, 0.15) is 5.75 Å². The maximum Gasteiger partial charge on any atom is 0.338 e. The van der Waals surface area contributed by atoms with E-state index in [-0.39, 0.29) is 16.2 Å². The van der Waals surface area contributed by atoms with Crippen LogP contribution >= 0.6 is 0 Å². The number of benzene rings is 2. The van der Waals surface area contributed by atoms with Crippen LogP contribution in [0.5, 0.6) is 5.75 Å². The lowest BCUT2D eigenvalue weighted by molar-refractivity contribution is -0.136. The molecule has 2 amide bonds. The Kier molecular flexibility index (Phi) is 6.41. The number of rotatable bonds is 7. The van der Waals surface area contributed by atoms with E-state index in [1.54, 1.807) is 42.5 Å². The monoisotopic (exact) mass is 430 g/mol. The van der Waals surface area contributed by atoms with Crippen molar-refractivity contribution in [1.29, 1.82) is 0 Å². The smallest absolute Gasteiger partial charge is 0.338 e. The van der Waals surface area contributed by atoms with E-state index >= 15 is 0 Å². The van der Waals surface area contributed by atoms with Gasteiger partial charge in [-0.25, -0.2) is 18.0 Å². The van der Waals surface area contributed by atoms with Gasteiger partial charge in [0.15, 0.2) is 9.84 Å². The van der Waals surface area contributed by atoms with E-state index in [0.717, 1.165) is 0 Å². The summed E-state index contributed by atoms with van der Waals surface area (Å²) < 4.78 is 36.0. The third-order valence-corrected chi connectivity index (χ3v) is 6.18. The van der Waals surface area contributed by atoms with Crippen molar-refractivity contribution in [2.75, 3.05) is 19.5 Å². The van der Waals surface area contributed by atoms with E-state index in [0.29, 0.717) is 17.9 Å². The average Bonchev–Trinajstić information content (AvgIpc) is 2.74. The summed E-state index contributed by atoms with van der Waals surface area (Å²) in [7, 11) is -2.61. The Bertz CT molecular complexity index is 1060. The van der Waals surface area contributed by atoms with E-state index in [4.69, 9.17) is 9.47 Å². The summed E-state index contributed by atoms with van der Waals surface area (Å²) in [6.45, 7) is 2.36. The minimum Gasteiger partial charge on any atom is -0.494 e. The van der Waals surface area contributed by atoms with Crippen molar-refractivity contribution in [3.05, 3.63) is 71.4 Å². The van der Waals surface area contributed by atoms with E-state index in [9.17, 15) is 18.0 Å². The highest BCUT2D eigenvalue weighted by Crippen LogP contribution is 2.30. The van der Waals surface area contributed by atoms with Gasteiger partial charge in [-0.1, -0.05) is 30.3 Å². The van der Waals surface area contributed by atoms with E-state index in [2.05, 4.69) is 10.6 Å². The molecule has 1 unspecified atom stereocenters. The molecular weight excluding hydrogens is 408 g/mol. The normalized spacial score (nSPS) is 16.5. The minimum atomic E-state index is -3.81. The molecule has 158 valence electrons.